The molecule has 0 radical (unpaired) electrons. The van der Waals surface area contributed by atoms with Gasteiger partial charge in [-0.25, -0.2) is 0 Å². The topological polar surface area (TPSA) is 55.6 Å². The average molecular weight is 367 g/mol. The Morgan fingerprint density at radius 2 is 1.84 bits per heavy atom. The van der Waals surface area contributed by atoms with Crippen molar-refractivity contribution in [2.45, 2.75) is 57.1 Å². The number of hydrogen-bond donors (Lipinski definition) is 1. The molecule has 0 aromatic heterocycles. The van der Waals surface area contributed by atoms with Crippen molar-refractivity contribution < 1.29 is 9.53 Å². The number of ether oxygens (including phenoxy) is 1. The minimum Gasteiger partial charge on any atom is -0.378 e. The summed E-state index contributed by atoms with van der Waals surface area (Å²) in [5.41, 5.74) is 7.41. The maximum Gasteiger partial charge on any atom is 0.222 e. The number of halogens is 1. The number of nitrogens with two attached hydrogens (primary N) is 1. The van der Waals surface area contributed by atoms with Gasteiger partial charge in [-0.05, 0) is 43.6 Å². The fourth-order valence-corrected chi connectivity index (χ4v) is 3.93. The molecule has 5 heteroatoms. The number of hydrogen-bond acceptors (Lipinski definition) is 3. The van der Waals surface area contributed by atoms with Crippen molar-refractivity contribution in [2.24, 2.45) is 11.7 Å². The van der Waals surface area contributed by atoms with E-state index in [0.29, 0.717) is 24.3 Å². The standard InChI is InChI=1S/C20H30N2O2.ClH/c21-19-8-4-7-17(19)15-20(23)22-12-9-18(10-13-22)24-14-11-16-5-2-1-3-6-16;/h1-3,5-6,17-19H,4,7-15,21H2;1H/t17-,19+;/m0./s1. The molecule has 4 nitrogen and oxygen atoms in total. The zero-order valence-electron chi connectivity index (χ0n) is 14.9. The van der Waals surface area contributed by atoms with Crippen molar-refractivity contribution >= 4 is 18.3 Å². The number of likely N-dealkylation sites (tertiary alicyclic amines) is 1. The van der Waals surface area contributed by atoms with Crippen LogP contribution in [0.2, 0.25) is 0 Å². The van der Waals surface area contributed by atoms with E-state index in [-0.39, 0.29) is 18.4 Å². The summed E-state index contributed by atoms with van der Waals surface area (Å²) in [6.45, 7) is 2.42. The zero-order chi connectivity index (χ0) is 16.8. The van der Waals surface area contributed by atoms with E-state index in [1.54, 1.807) is 0 Å². The van der Waals surface area contributed by atoms with E-state index in [4.69, 9.17) is 10.5 Å². The van der Waals surface area contributed by atoms with Crippen LogP contribution >= 0.6 is 12.4 Å². The summed E-state index contributed by atoms with van der Waals surface area (Å²) in [5, 5.41) is 0. The third-order valence-electron chi connectivity index (χ3n) is 5.54. The fourth-order valence-electron chi connectivity index (χ4n) is 3.93. The van der Waals surface area contributed by atoms with E-state index in [1.807, 2.05) is 11.0 Å². The van der Waals surface area contributed by atoms with Crippen LogP contribution in [0.15, 0.2) is 30.3 Å². The molecule has 2 N–H and O–H groups in total. The predicted molar refractivity (Wildman–Crippen MR) is 103 cm³/mol. The van der Waals surface area contributed by atoms with Gasteiger partial charge in [-0.2, -0.15) is 0 Å². The van der Waals surface area contributed by atoms with E-state index in [1.165, 1.54) is 12.0 Å². The van der Waals surface area contributed by atoms with Crippen LogP contribution in [0.25, 0.3) is 0 Å². The number of piperidine rings is 1. The smallest absolute Gasteiger partial charge is 0.222 e. The Balaban J connectivity index is 0.00000225. The van der Waals surface area contributed by atoms with Gasteiger partial charge in [-0.15, -0.1) is 12.4 Å². The van der Waals surface area contributed by atoms with Gasteiger partial charge in [-0.1, -0.05) is 36.8 Å². The van der Waals surface area contributed by atoms with Crippen LogP contribution in [0, 0.1) is 5.92 Å². The molecule has 0 spiro atoms. The third kappa shape index (κ3) is 5.98. The molecule has 2 aliphatic rings. The second-order valence-corrected chi connectivity index (χ2v) is 7.25. The molecular weight excluding hydrogens is 336 g/mol. The monoisotopic (exact) mass is 366 g/mol. The van der Waals surface area contributed by atoms with Crippen molar-refractivity contribution in [1.29, 1.82) is 0 Å². The Kier molecular flexibility index (Phi) is 8.20. The molecule has 1 aliphatic carbocycles. The van der Waals surface area contributed by atoms with E-state index >= 15 is 0 Å². The van der Waals surface area contributed by atoms with E-state index in [2.05, 4.69) is 24.3 Å². The van der Waals surface area contributed by atoms with Crippen LogP contribution in [0.1, 0.15) is 44.1 Å². The normalized spacial score (nSPS) is 24.1. The Hall–Kier alpha value is -1.10. The van der Waals surface area contributed by atoms with Gasteiger partial charge in [0.05, 0.1) is 12.7 Å². The maximum atomic E-state index is 12.4. The van der Waals surface area contributed by atoms with Crippen LogP contribution in [-0.4, -0.2) is 42.6 Å². The number of nitrogens with zero attached hydrogens (tertiary/aromatic N) is 1. The molecule has 25 heavy (non-hydrogen) atoms. The number of carbonyl (C=O) groups is 1. The van der Waals surface area contributed by atoms with Crippen molar-refractivity contribution in [2.75, 3.05) is 19.7 Å². The van der Waals surface area contributed by atoms with Gasteiger partial charge in [0, 0.05) is 25.6 Å². The second kappa shape index (κ2) is 10.1. The first kappa shape index (κ1) is 20.2. The molecule has 1 saturated heterocycles. The molecule has 1 saturated carbocycles. The van der Waals surface area contributed by atoms with Gasteiger partial charge in [0.25, 0.3) is 0 Å². The number of rotatable bonds is 6. The molecule has 2 atom stereocenters. The molecule has 1 aliphatic heterocycles. The summed E-state index contributed by atoms with van der Waals surface area (Å²) in [4.78, 5) is 14.5. The Morgan fingerprint density at radius 1 is 1.12 bits per heavy atom. The van der Waals surface area contributed by atoms with Gasteiger partial charge in [0.15, 0.2) is 0 Å². The first-order chi connectivity index (χ1) is 11.7. The highest BCUT2D eigenvalue weighted by Crippen LogP contribution is 2.28. The second-order valence-electron chi connectivity index (χ2n) is 7.25. The third-order valence-corrected chi connectivity index (χ3v) is 5.54. The molecule has 1 heterocycles. The first-order valence-electron chi connectivity index (χ1n) is 9.41. The minimum absolute atomic E-state index is 0. The van der Waals surface area contributed by atoms with Gasteiger partial charge >= 0.3 is 0 Å². The lowest BCUT2D eigenvalue weighted by Crippen LogP contribution is -2.42. The molecule has 2 fully saturated rings. The number of amides is 1. The van der Waals surface area contributed by atoms with Gasteiger partial charge < -0.3 is 15.4 Å². The summed E-state index contributed by atoms with van der Waals surface area (Å²) in [6.07, 6.45) is 7.18. The van der Waals surface area contributed by atoms with E-state index < -0.39 is 0 Å². The quantitative estimate of drug-likeness (QED) is 0.841. The molecular formula is C20H31ClN2O2. The highest BCUT2D eigenvalue weighted by atomic mass is 35.5. The summed E-state index contributed by atoms with van der Waals surface area (Å²) in [6, 6.07) is 10.7. The Labute approximate surface area is 157 Å². The van der Waals surface area contributed by atoms with E-state index in [0.717, 1.165) is 51.8 Å². The minimum atomic E-state index is 0. The van der Waals surface area contributed by atoms with E-state index in [9.17, 15) is 4.79 Å². The molecule has 140 valence electrons. The van der Waals surface area contributed by atoms with Crippen LogP contribution in [0.5, 0.6) is 0 Å². The fraction of sp³-hybridized carbons (Fsp3) is 0.650. The molecule has 0 bridgehead atoms. The predicted octanol–water partition coefficient (Wildman–Crippen LogP) is 3.18. The lowest BCUT2D eigenvalue weighted by molar-refractivity contribution is -0.134. The number of benzene rings is 1. The van der Waals surface area contributed by atoms with Gasteiger partial charge in [0.2, 0.25) is 5.91 Å². The number of carbonyl (C=O) groups excluding carboxylic acids is 1. The van der Waals surface area contributed by atoms with Crippen molar-refractivity contribution in [3.8, 4) is 0 Å². The first-order valence-corrected chi connectivity index (χ1v) is 9.41. The SMILES string of the molecule is Cl.N[C@@H]1CCC[C@H]1CC(=O)N1CCC(OCCc2ccccc2)CC1. The summed E-state index contributed by atoms with van der Waals surface area (Å²) in [5.74, 6) is 0.692. The van der Waals surface area contributed by atoms with Crippen molar-refractivity contribution in [1.82, 2.24) is 4.90 Å². The summed E-state index contributed by atoms with van der Waals surface area (Å²) >= 11 is 0. The Morgan fingerprint density at radius 3 is 2.48 bits per heavy atom. The summed E-state index contributed by atoms with van der Waals surface area (Å²) < 4.78 is 6.01. The Bertz CT molecular complexity index is 518. The average Bonchev–Trinajstić information content (AvgIpc) is 3.01. The maximum absolute atomic E-state index is 12.4. The van der Waals surface area contributed by atoms with Crippen LogP contribution < -0.4 is 5.73 Å². The highest BCUT2D eigenvalue weighted by Gasteiger charge is 2.29. The largest absolute Gasteiger partial charge is 0.378 e. The lowest BCUT2D eigenvalue weighted by atomic mass is 9.98. The van der Waals surface area contributed by atoms with Crippen LogP contribution in [0.4, 0.5) is 0 Å². The lowest BCUT2D eigenvalue weighted by Gasteiger charge is -2.33. The molecule has 1 aromatic rings. The zero-order valence-corrected chi connectivity index (χ0v) is 15.8. The van der Waals surface area contributed by atoms with Gasteiger partial charge in [0.1, 0.15) is 0 Å². The van der Waals surface area contributed by atoms with Crippen molar-refractivity contribution in [3.05, 3.63) is 35.9 Å². The molecule has 3 rings (SSSR count). The molecule has 0 unspecified atom stereocenters. The van der Waals surface area contributed by atoms with Crippen LogP contribution in [-0.2, 0) is 16.0 Å². The molecule has 1 amide bonds. The molecule has 1 aromatic carbocycles. The van der Waals surface area contributed by atoms with Gasteiger partial charge in [-0.3, -0.25) is 4.79 Å². The highest BCUT2D eigenvalue weighted by molar-refractivity contribution is 5.85. The summed E-state index contributed by atoms with van der Waals surface area (Å²) in [7, 11) is 0. The van der Waals surface area contributed by atoms with Crippen molar-refractivity contribution in [3.63, 3.8) is 0 Å². The van der Waals surface area contributed by atoms with Crippen LogP contribution in [0.3, 0.4) is 0 Å².